The second kappa shape index (κ2) is 4.00. The Hall–Kier alpha value is -0.0400. The maximum Gasteiger partial charge on any atom is 0.0221 e. The average Bonchev–Trinajstić information content (AvgIpc) is 2.91. The van der Waals surface area contributed by atoms with Gasteiger partial charge in [-0.2, -0.15) is 0 Å². The van der Waals surface area contributed by atoms with Crippen molar-refractivity contribution < 1.29 is 0 Å². The van der Waals surface area contributed by atoms with Crippen LogP contribution < -0.4 is 5.32 Å². The van der Waals surface area contributed by atoms with E-state index in [9.17, 15) is 0 Å². The summed E-state index contributed by atoms with van der Waals surface area (Å²) in [6.45, 7) is 6.08. The van der Waals surface area contributed by atoms with Crippen LogP contribution in [0, 0.1) is 17.8 Å². The zero-order chi connectivity index (χ0) is 9.26. The highest BCUT2D eigenvalue weighted by atomic mass is 15.1. The third kappa shape index (κ3) is 2.46. The zero-order valence-electron chi connectivity index (χ0n) is 9.05. The zero-order valence-corrected chi connectivity index (χ0v) is 9.05. The van der Waals surface area contributed by atoms with Gasteiger partial charge in [0.25, 0.3) is 0 Å². The Morgan fingerprint density at radius 1 is 1.08 bits per heavy atom. The second-order valence-electron chi connectivity index (χ2n) is 5.29. The van der Waals surface area contributed by atoms with Gasteiger partial charge in [-0.15, -0.1) is 0 Å². The summed E-state index contributed by atoms with van der Waals surface area (Å²) in [4.78, 5) is 0. The first kappa shape index (κ1) is 9.51. The molecule has 0 bridgehead atoms. The molecule has 2 rings (SSSR count). The van der Waals surface area contributed by atoms with E-state index in [1.165, 1.54) is 38.6 Å². The molecule has 0 aromatic rings. The fourth-order valence-electron chi connectivity index (χ4n) is 2.83. The van der Waals surface area contributed by atoms with Crippen molar-refractivity contribution in [2.75, 3.05) is 6.54 Å². The molecule has 13 heavy (non-hydrogen) atoms. The molecule has 3 unspecified atom stereocenters. The van der Waals surface area contributed by atoms with E-state index in [1.807, 2.05) is 0 Å². The fraction of sp³-hybridized carbons (Fsp3) is 1.00. The van der Waals surface area contributed by atoms with Crippen molar-refractivity contribution in [1.29, 1.82) is 0 Å². The van der Waals surface area contributed by atoms with E-state index >= 15 is 0 Å². The first-order valence-electron chi connectivity index (χ1n) is 6.00. The van der Waals surface area contributed by atoms with Crippen LogP contribution in [-0.2, 0) is 0 Å². The van der Waals surface area contributed by atoms with Crippen molar-refractivity contribution in [2.45, 2.75) is 52.0 Å². The van der Waals surface area contributed by atoms with E-state index in [4.69, 9.17) is 0 Å². The van der Waals surface area contributed by atoms with Crippen molar-refractivity contribution in [3.63, 3.8) is 0 Å². The molecule has 1 N–H and O–H groups in total. The van der Waals surface area contributed by atoms with Crippen LogP contribution in [0.2, 0.25) is 0 Å². The average molecular weight is 181 g/mol. The van der Waals surface area contributed by atoms with Crippen LogP contribution in [-0.4, -0.2) is 12.6 Å². The minimum atomic E-state index is 0.908. The SMILES string of the molecule is CC(C)C1CCCC(C2CN2)CC1. The predicted molar refractivity (Wildman–Crippen MR) is 56.7 cm³/mol. The highest BCUT2D eigenvalue weighted by molar-refractivity contribution is 4.91. The topological polar surface area (TPSA) is 21.9 Å². The van der Waals surface area contributed by atoms with Gasteiger partial charge in [0.15, 0.2) is 0 Å². The molecule has 0 amide bonds. The van der Waals surface area contributed by atoms with Crippen LogP contribution in [0.25, 0.3) is 0 Å². The first-order valence-corrected chi connectivity index (χ1v) is 6.00. The lowest BCUT2D eigenvalue weighted by molar-refractivity contribution is 0.335. The molecule has 2 fully saturated rings. The van der Waals surface area contributed by atoms with Gasteiger partial charge in [-0.1, -0.05) is 26.7 Å². The van der Waals surface area contributed by atoms with Crippen LogP contribution in [0.3, 0.4) is 0 Å². The van der Waals surface area contributed by atoms with E-state index in [0.29, 0.717) is 0 Å². The smallest absolute Gasteiger partial charge is 0.0221 e. The van der Waals surface area contributed by atoms with E-state index in [0.717, 1.165) is 23.8 Å². The van der Waals surface area contributed by atoms with Gasteiger partial charge in [0.1, 0.15) is 0 Å². The summed E-state index contributed by atoms with van der Waals surface area (Å²) >= 11 is 0. The third-order valence-corrected chi connectivity index (χ3v) is 4.01. The Morgan fingerprint density at radius 3 is 2.46 bits per heavy atom. The largest absolute Gasteiger partial charge is 0.311 e. The van der Waals surface area contributed by atoms with Gasteiger partial charge in [0.2, 0.25) is 0 Å². The van der Waals surface area contributed by atoms with E-state index in [1.54, 1.807) is 0 Å². The quantitative estimate of drug-likeness (QED) is 0.513. The molecule has 0 aromatic carbocycles. The Morgan fingerprint density at radius 2 is 1.85 bits per heavy atom. The van der Waals surface area contributed by atoms with E-state index < -0.39 is 0 Å². The van der Waals surface area contributed by atoms with Crippen molar-refractivity contribution >= 4 is 0 Å². The van der Waals surface area contributed by atoms with Crippen molar-refractivity contribution in [2.24, 2.45) is 17.8 Å². The van der Waals surface area contributed by atoms with Crippen LogP contribution in [0.4, 0.5) is 0 Å². The van der Waals surface area contributed by atoms with Gasteiger partial charge in [-0.05, 0) is 37.0 Å². The van der Waals surface area contributed by atoms with Gasteiger partial charge in [-0.25, -0.2) is 0 Å². The number of hydrogen-bond acceptors (Lipinski definition) is 1. The number of hydrogen-bond donors (Lipinski definition) is 1. The normalized spacial score (nSPS) is 40.4. The summed E-state index contributed by atoms with van der Waals surface area (Å²) in [5.74, 6) is 2.94. The van der Waals surface area contributed by atoms with Gasteiger partial charge < -0.3 is 5.32 Å². The van der Waals surface area contributed by atoms with Crippen molar-refractivity contribution in [3.05, 3.63) is 0 Å². The molecule has 1 aliphatic heterocycles. The van der Waals surface area contributed by atoms with Crippen LogP contribution in [0.1, 0.15) is 46.0 Å². The lowest BCUT2D eigenvalue weighted by Gasteiger charge is -2.18. The Balaban J connectivity index is 1.82. The summed E-state index contributed by atoms with van der Waals surface area (Å²) in [5.41, 5.74) is 0. The maximum atomic E-state index is 3.48. The highest BCUT2D eigenvalue weighted by Gasteiger charge is 2.32. The van der Waals surface area contributed by atoms with Gasteiger partial charge in [0, 0.05) is 12.6 Å². The number of nitrogens with one attached hydrogen (secondary N) is 1. The Kier molecular flexibility index (Phi) is 2.92. The Labute approximate surface area is 82.3 Å². The molecule has 2 aliphatic rings. The standard InChI is InChI=1S/C12H23N/c1-9(2)10-4-3-5-11(7-6-10)12-8-13-12/h9-13H,3-8H2,1-2H3. The fourth-order valence-corrected chi connectivity index (χ4v) is 2.83. The van der Waals surface area contributed by atoms with Gasteiger partial charge in [-0.3, -0.25) is 0 Å². The predicted octanol–water partition coefficient (Wildman–Crippen LogP) is 2.81. The molecule has 1 heterocycles. The minimum absolute atomic E-state index is 0.908. The Bertz CT molecular complexity index is 151. The minimum Gasteiger partial charge on any atom is -0.311 e. The molecule has 1 nitrogen and oxygen atoms in total. The molecule has 1 heteroatoms. The second-order valence-corrected chi connectivity index (χ2v) is 5.29. The molecular weight excluding hydrogens is 158 g/mol. The molecule has 0 aromatic heterocycles. The van der Waals surface area contributed by atoms with Crippen LogP contribution in [0.5, 0.6) is 0 Å². The highest BCUT2D eigenvalue weighted by Crippen LogP contribution is 2.34. The summed E-state index contributed by atoms with van der Waals surface area (Å²) in [7, 11) is 0. The molecule has 3 atom stereocenters. The summed E-state index contributed by atoms with van der Waals surface area (Å²) < 4.78 is 0. The molecule has 0 spiro atoms. The summed E-state index contributed by atoms with van der Waals surface area (Å²) in [6.07, 6.45) is 7.43. The number of rotatable bonds is 2. The first-order chi connectivity index (χ1) is 6.27. The van der Waals surface area contributed by atoms with Gasteiger partial charge >= 0.3 is 0 Å². The summed E-state index contributed by atoms with van der Waals surface area (Å²) in [6, 6.07) is 0.908. The molecule has 1 saturated heterocycles. The molecule has 76 valence electrons. The lowest BCUT2D eigenvalue weighted by atomic mass is 9.88. The van der Waals surface area contributed by atoms with E-state index in [-0.39, 0.29) is 0 Å². The van der Waals surface area contributed by atoms with Crippen molar-refractivity contribution in [3.8, 4) is 0 Å². The molecule has 0 radical (unpaired) electrons. The molecule has 1 aliphatic carbocycles. The van der Waals surface area contributed by atoms with Crippen molar-refractivity contribution in [1.82, 2.24) is 5.32 Å². The van der Waals surface area contributed by atoms with E-state index in [2.05, 4.69) is 19.2 Å². The molecule has 1 saturated carbocycles. The molecular formula is C12H23N. The van der Waals surface area contributed by atoms with Crippen LogP contribution >= 0.6 is 0 Å². The maximum absolute atomic E-state index is 3.48. The van der Waals surface area contributed by atoms with Crippen LogP contribution in [0.15, 0.2) is 0 Å². The third-order valence-electron chi connectivity index (χ3n) is 4.01. The van der Waals surface area contributed by atoms with Gasteiger partial charge in [0.05, 0.1) is 0 Å². The monoisotopic (exact) mass is 181 g/mol. The summed E-state index contributed by atoms with van der Waals surface area (Å²) in [5, 5.41) is 3.48. The lowest BCUT2D eigenvalue weighted by Crippen LogP contribution is -2.11.